The summed E-state index contributed by atoms with van der Waals surface area (Å²) in [4.78, 5) is 15.3. The number of carbonyl (C=O) groups excluding carboxylic acids is 1. The van der Waals surface area contributed by atoms with E-state index < -0.39 is 23.7 Å². The molecule has 5 nitrogen and oxygen atoms in total. The van der Waals surface area contributed by atoms with Crippen LogP contribution in [0.15, 0.2) is 79.0 Å². The van der Waals surface area contributed by atoms with Gasteiger partial charge in [0.05, 0.1) is 31.1 Å². The van der Waals surface area contributed by atoms with E-state index >= 15 is 0 Å². The number of rotatable bonds is 3. The number of fused-ring (bicyclic) bond motifs is 3. The molecule has 172 valence electrons. The minimum Gasteiger partial charge on any atom is -0.495 e. The lowest BCUT2D eigenvalue weighted by atomic mass is 10.0. The molecule has 0 bridgehead atoms. The summed E-state index contributed by atoms with van der Waals surface area (Å²) < 4.78 is 35.8. The largest absolute Gasteiger partial charge is 0.495 e. The van der Waals surface area contributed by atoms with Crippen molar-refractivity contribution in [2.75, 3.05) is 12.4 Å². The number of hydrogen-bond donors (Lipinski definition) is 1. The average molecular weight is 480 g/mol. The maximum Gasteiger partial charge on any atom is 0.323 e. The molecule has 8 heteroatoms. The molecule has 0 spiro atoms. The number of para-hydroxylation sites is 1. The molecule has 1 atom stereocenters. The lowest BCUT2D eigenvalue weighted by Crippen LogP contribution is -2.38. The van der Waals surface area contributed by atoms with E-state index in [9.17, 15) is 13.6 Å². The lowest BCUT2D eigenvalue weighted by Gasteiger charge is -2.31. The molecule has 0 unspecified atom stereocenters. The zero-order chi connectivity index (χ0) is 23.8. The van der Waals surface area contributed by atoms with Crippen LogP contribution in [0.1, 0.15) is 22.9 Å². The van der Waals surface area contributed by atoms with Crippen molar-refractivity contribution >= 4 is 23.3 Å². The summed E-state index contributed by atoms with van der Waals surface area (Å²) in [5, 5.41) is 3.29. The molecular weight excluding hydrogens is 460 g/mol. The quantitative estimate of drug-likeness (QED) is 0.362. The molecule has 2 heterocycles. The Balaban J connectivity index is 1.66. The van der Waals surface area contributed by atoms with Gasteiger partial charge in [-0.1, -0.05) is 29.8 Å². The monoisotopic (exact) mass is 479 g/mol. The normalized spacial score (nSPS) is 14.7. The van der Waals surface area contributed by atoms with Crippen molar-refractivity contribution < 1.29 is 18.3 Å². The first kappa shape index (κ1) is 22.0. The summed E-state index contributed by atoms with van der Waals surface area (Å²) >= 11 is 6.14. The Bertz CT molecular complexity index is 1370. The number of hydrogen-bond acceptors (Lipinski definition) is 2. The third-order valence-electron chi connectivity index (χ3n) is 5.83. The first-order valence-corrected chi connectivity index (χ1v) is 10.9. The molecule has 0 saturated carbocycles. The molecule has 2 amide bonds. The van der Waals surface area contributed by atoms with Crippen LogP contribution in [-0.4, -0.2) is 22.6 Å². The second-order valence-electron chi connectivity index (χ2n) is 7.94. The molecule has 5 rings (SSSR count). The van der Waals surface area contributed by atoms with Gasteiger partial charge in [0.15, 0.2) is 0 Å². The van der Waals surface area contributed by atoms with Crippen molar-refractivity contribution in [2.45, 2.75) is 12.6 Å². The first-order valence-electron chi connectivity index (χ1n) is 10.6. The van der Waals surface area contributed by atoms with E-state index in [1.807, 2.05) is 47.2 Å². The van der Waals surface area contributed by atoms with Crippen molar-refractivity contribution in [3.8, 4) is 11.4 Å². The fourth-order valence-corrected chi connectivity index (χ4v) is 4.56. The third kappa shape index (κ3) is 3.99. The molecule has 0 aliphatic carbocycles. The van der Waals surface area contributed by atoms with Gasteiger partial charge < -0.3 is 19.5 Å². The maximum absolute atomic E-state index is 14.3. The number of amides is 2. The zero-order valence-electron chi connectivity index (χ0n) is 18.1. The molecular formula is C26H20ClF2N3O2. The summed E-state index contributed by atoms with van der Waals surface area (Å²) in [6.45, 7) is 0.204. The number of anilines is 1. The van der Waals surface area contributed by atoms with Gasteiger partial charge in [-0.15, -0.1) is 0 Å². The molecule has 0 radical (unpaired) electrons. The van der Waals surface area contributed by atoms with Gasteiger partial charge in [0, 0.05) is 23.0 Å². The van der Waals surface area contributed by atoms with E-state index in [1.54, 1.807) is 23.1 Å². The maximum atomic E-state index is 14.3. The summed E-state index contributed by atoms with van der Waals surface area (Å²) in [7, 11) is 1.49. The number of halogens is 3. The summed E-state index contributed by atoms with van der Waals surface area (Å²) in [5.74, 6) is -0.997. The van der Waals surface area contributed by atoms with E-state index in [0.29, 0.717) is 27.7 Å². The highest BCUT2D eigenvalue weighted by molar-refractivity contribution is 6.31. The van der Waals surface area contributed by atoms with Gasteiger partial charge in [-0.25, -0.2) is 13.6 Å². The highest BCUT2D eigenvalue weighted by Gasteiger charge is 2.34. The van der Waals surface area contributed by atoms with Gasteiger partial charge in [0.25, 0.3) is 0 Å². The highest BCUT2D eigenvalue weighted by Crippen LogP contribution is 2.38. The molecule has 34 heavy (non-hydrogen) atoms. The molecule has 1 aromatic heterocycles. The smallest absolute Gasteiger partial charge is 0.323 e. The topological polar surface area (TPSA) is 46.5 Å². The van der Waals surface area contributed by atoms with E-state index in [2.05, 4.69) is 5.32 Å². The fraction of sp³-hybridized carbons (Fsp3) is 0.115. The minimum absolute atomic E-state index is 0.204. The van der Waals surface area contributed by atoms with Crippen LogP contribution >= 0.6 is 11.6 Å². The van der Waals surface area contributed by atoms with Crippen molar-refractivity contribution in [1.29, 1.82) is 0 Å². The zero-order valence-corrected chi connectivity index (χ0v) is 18.9. The molecule has 1 aliphatic rings. The highest BCUT2D eigenvalue weighted by atomic mass is 35.5. The minimum atomic E-state index is -0.766. The Morgan fingerprint density at radius 1 is 1.03 bits per heavy atom. The number of urea groups is 1. The number of nitrogens with one attached hydrogen (secondary N) is 1. The van der Waals surface area contributed by atoms with Crippen LogP contribution in [0.2, 0.25) is 5.02 Å². The Labute approximate surface area is 200 Å². The Morgan fingerprint density at radius 3 is 2.56 bits per heavy atom. The average Bonchev–Trinajstić information content (AvgIpc) is 3.22. The SMILES string of the molecule is COc1ccc(Cl)cc1NC(=O)N1Cc2ccccc2-n2cccc2[C@H]1c1cc(F)cc(F)c1. The molecule has 3 aromatic carbocycles. The van der Waals surface area contributed by atoms with E-state index in [4.69, 9.17) is 16.3 Å². The van der Waals surface area contributed by atoms with Crippen LogP contribution < -0.4 is 10.1 Å². The summed E-state index contributed by atoms with van der Waals surface area (Å²) in [5.41, 5.74) is 3.17. The van der Waals surface area contributed by atoms with Crippen LogP contribution in [0.4, 0.5) is 19.3 Å². The van der Waals surface area contributed by atoms with Gasteiger partial charge in [-0.3, -0.25) is 0 Å². The van der Waals surface area contributed by atoms with E-state index in [1.165, 1.54) is 19.2 Å². The number of benzene rings is 3. The molecule has 4 aromatic rings. The predicted octanol–water partition coefficient (Wildman–Crippen LogP) is 6.55. The van der Waals surface area contributed by atoms with Crippen molar-refractivity contribution in [1.82, 2.24) is 9.47 Å². The third-order valence-corrected chi connectivity index (χ3v) is 6.06. The van der Waals surface area contributed by atoms with Gasteiger partial charge in [0.2, 0.25) is 0 Å². The van der Waals surface area contributed by atoms with Crippen LogP contribution in [-0.2, 0) is 6.54 Å². The van der Waals surface area contributed by atoms with Crippen LogP contribution in [0.25, 0.3) is 5.69 Å². The summed E-state index contributed by atoms with van der Waals surface area (Å²) in [6, 6.07) is 18.3. The number of ether oxygens (including phenoxy) is 1. The van der Waals surface area contributed by atoms with Crippen molar-refractivity contribution in [3.05, 3.63) is 112 Å². The second-order valence-corrected chi connectivity index (χ2v) is 8.38. The number of carbonyl (C=O) groups is 1. The van der Waals surface area contributed by atoms with Crippen LogP contribution in [0.5, 0.6) is 5.75 Å². The van der Waals surface area contributed by atoms with Gasteiger partial charge >= 0.3 is 6.03 Å². The molecule has 0 saturated heterocycles. The van der Waals surface area contributed by atoms with Gasteiger partial charge in [-0.2, -0.15) is 0 Å². The molecule has 1 N–H and O–H groups in total. The number of aromatic nitrogens is 1. The van der Waals surface area contributed by atoms with E-state index in [-0.39, 0.29) is 6.54 Å². The standard InChI is InChI=1S/C26H20ClF2N3O2/c1-34-24-9-8-18(27)13-21(24)30-26(33)32-15-16-5-2-3-6-22(16)31-10-4-7-23(31)25(32)17-11-19(28)14-20(29)12-17/h2-14,25H,15H2,1H3,(H,30,33)/t25-/m1/s1. The molecule has 1 aliphatic heterocycles. The van der Waals surface area contributed by atoms with Crippen molar-refractivity contribution in [2.24, 2.45) is 0 Å². The molecule has 0 fully saturated rings. The Morgan fingerprint density at radius 2 is 1.79 bits per heavy atom. The number of methoxy groups -OCH3 is 1. The lowest BCUT2D eigenvalue weighted by molar-refractivity contribution is 0.194. The number of nitrogens with zero attached hydrogens (tertiary/aromatic N) is 2. The van der Waals surface area contributed by atoms with Crippen molar-refractivity contribution in [3.63, 3.8) is 0 Å². The van der Waals surface area contributed by atoms with E-state index in [0.717, 1.165) is 17.3 Å². The van der Waals surface area contributed by atoms with Crippen LogP contribution in [0.3, 0.4) is 0 Å². The van der Waals surface area contributed by atoms with Crippen LogP contribution in [0, 0.1) is 11.6 Å². The van der Waals surface area contributed by atoms with Gasteiger partial charge in [0.1, 0.15) is 17.4 Å². The first-order chi connectivity index (χ1) is 16.4. The second kappa shape index (κ2) is 8.83. The van der Waals surface area contributed by atoms with Gasteiger partial charge in [-0.05, 0) is 59.7 Å². The summed E-state index contributed by atoms with van der Waals surface area (Å²) in [6.07, 6.45) is 1.87. The fourth-order valence-electron chi connectivity index (χ4n) is 4.39. The predicted molar refractivity (Wildman–Crippen MR) is 127 cm³/mol. The Hall–Kier alpha value is -3.84. The Kier molecular flexibility index (Phi) is 5.71.